The topological polar surface area (TPSA) is 112 Å². The predicted octanol–water partition coefficient (Wildman–Crippen LogP) is 5.04. The number of fused-ring (bicyclic) bond motifs is 3. The standard InChI is InChI=1S/C31H30FN5O4S/c1-3-26(29(39)35-23-10-6-7-11-25(23)41-2)42-31-36-22-9-5-4-8-21(22)28-34-24(30(40)37(28)31)16-17-27(38)33-18-19-12-14-20(32)15-13-19/h4-15,24,26H,3,16-18H2,1-2H3,(H,33,38)(H,35,39)/t24-,26+/m0/s1. The van der Waals surface area contributed by atoms with E-state index in [1.165, 1.54) is 35.9 Å². The molecule has 2 aliphatic heterocycles. The van der Waals surface area contributed by atoms with Crippen molar-refractivity contribution in [1.82, 2.24) is 10.2 Å². The van der Waals surface area contributed by atoms with Gasteiger partial charge in [0.15, 0.2) is 5.17 Å². The van der Waals surface area contributed by atoms with E-state index in [0.717, 1.165) is 5.56 Å². The monoisotopic (exact) mass is 587 g/mol. The molecule has 0 saturated carbocycles. The third-order valence-electron chi connectivity index (χ3n) is 6.87. The van der Waals surface area contributed by atoms with Crippen LogP contribution in [-0.4, -0.2) is 52.0 Å². The first-order chi connectivity index (χ1) is 20.4. The van der Waals surface area contributed by atoms with Gasteiger partial charge in [-0.25, -0.2) is 14.3 Å². The number of anilines is 1. The number of nitrogens with zero attached hydrogens (tertiary/aromatic N) is 3. The van der Waals surface area contributed by atoms with Crippen molar-refractivity contribution in [3.8, 4) is 5.75 Å². The molecule has 0 saturated heterocycles. The molecule has 3 aromatic rings. The molecule has 9 nitrogen and oxygen atoms in total. The summed E-state index contributed by atoms with van der Waals surface area (Å²) in [6.45, 7) is 2.15. The zero-order valence-electron chi connectivity index (χ0n) is 23.2. The Hall–Kier alpha value is -4.51. The highest BCUT2D eigenvalue weighted by Crippen LogP contribution is 2.36. The van der Waals surface area contributed by atoms with Gasteiger partial charge in [0.1, 0.15) is 23.4 Å². The lowest BCUT2D eigenvalue weighted by atomic mass is 10.1. The molecule has 0 fully saturated rings. The Morgan fingerprint density at radius 1 is 1.07 bits per heavy atom. The number of carbonyl (C=O) groups is 3. The van der Waals surface area contributed by atoms with Crippen molar-refractivity contribution in [3.05, 3.63) is 89.7 Å². The van der Waals surface area contributed by atoms with E-state index in [4.69, 9.17) is 14.7 Å². The maximum absolute atomic E-state index is 13.6. The minimum atomic E-state index is -0.768. The van der Waals surface area contributed by atoms with Crippen LogP contribution in [0.4, 0.5) is 15.8 Å². The number of amidine groups is 2. The molecule has 216 valence electrons. The number of benzene rings is 3. The van der Waals surface area contributed by atoms with Crippen molar-refractivity contribution in [1.29, 1.82) is 0 Å². The molecule has 0 spiro atoms. The number of carbonyl (C=O) groups excluding carboxylic acids is 3. The summed E-state index contributed by atoms with van der Waals surface area (Å²) >= 11 is 1.20. The smallest absolute Gasteiger partial charge is 0.259 e. The molecule has 0 aromatic heterocycles. The Morgan fingerprint density at radius 2 is 1.81 bits per heavy atom. The van der Waals surface area contributed by atoms with Crippen molar-refractivity contribution in [2.45, 2.75) is 44.0 Å². The summed E-state index contributed by atoms with van der Waals surface area (Å²) in [5, 5.41) is 5.54. The molecule has 5 rings (SSSR count). The number of amides is 3. The molecule has 2 heterocycles. The number of thioether (sulfide) groups is 1. The van der Waals surface area contributed by atoms with Gasteiger partial charge < -0.3 is 15.4 Å². The number of ether oxygens (including phenoxy) is 1. The Labute approximate surface area is 247 Å². The van der Waals surface area contributed by atoms with Gasteiger partial charge in [0.05, 0.1) is 23.7 Å². The zero-order valence-corrected chi connectivity index (χ0v) is 24.0. The van der Waals surface area contributed by atoms with Crippen LogP contribution in [0.25, 0.3) is 0 Å². The summed E-state index contributed by atoms with van der Waals surface area (Å²) < 4.78 is 18.5. The molecule has 2 atom stereocenters. The first kappa shape index (κ1) is 29.0. The van der Waals surface area contributed by atoms with Crippen LogP contribution < -0.4 is 15.4 Å². The van der Waals surface area contributed by atoms with E-state index in [1.807, 2.05) is 43.3 Å². The fourth-order valence-corrected chi connectivity index (χ4v) is 5.66. The van der Waals surface area contributed by atoms with E-state index in [9.17, 15) is 18.8 Å². The molecule has 3 amide bonds. The molecular weight excluding hydrogens is 557 g/mol. The highest BCUT2D eigenvalue weighted by molar-refractivity contribution is 8.15. The Bertz CT molecular complexity index is 1560. The number of rotatable bonds is 10. The number of para-hydroxylation sites is 3. The number of methoxy groups -OCH3 is 1. The quantitative estimate of drug-likeness (QED) is 0.345. The number of hydrogen-bond donors (Lipinski definition) is 2. The van der Waals surface area contributed by atoms with Gasteiger partial charge in [0, 0.05) is 18.5 Å². The molecule has 0 bridgehead atoms. The van der Waals surface area contributed by atoms with E-state index >= 15 is 0 Å². The SMILES string of the molecule is CC[C@@H](SC1=Nc2ccccc2C2=N[C@@H](CCC(=O)NCc3ccc(F)cc3)C(=O)N12)C(=O)Nc1ccccc1OC. The number of hydrogen-bond acceptors (Lipinski definition) is 7. The van der Waals surface area contributed by atoms with E-state index in [-0.39, 0.29) is 42.9 Å². The fourth-order valence-electron chi connectivity index (χ4n) is 4.64. The Kier molecular flexibility index (Phi) is 8.97. The van der Waals surface area contributed by atoms with E-state index < -0.39 is 11.3 Å². The van der Waals surface area contributed by atoms with Crippen LogP contribution in [0, 0.1) is 5.82 Å². The van der Waals surface area contributed by atoms with Crippen LogP contribution >= 0.6 is 11.8 Å². The van der Waals surface area contributed by atoms with Crippen molar-refractivity contribution >= 4 is 51.9 Å². The lowest BCUT2D eigenvalue weighted by molar-refractivity contribution is -0.125. The number of aliphatic imine (C=N–C) groups is 2. The average Bonchev–Trinajstić information content (AvgIpc) is 3.35. The molecule has 11 heteroatoms. The second kappa shape index (κ2) is 13.0. The first-order valence-corrected chi connectivity index (χ1v) is 14.5. The Balaban J connectivity index is 1.29. The normalized spacial score (nSPS) is 16.1. The van der Waals surface area contributed by atoms with Crippen molar-refractivity contribution < 1.29 is 23.5 Å². The van der Waals surface area contributed by atoms with Gasteiger partial charge in [-0.15, -0.1) is 0 Å². The van der Waals surface area contributed by atoms with Gasteiger partial charge >= 0.3 is 0 Å². The van der Waals surface area contributed by atoms with Crippen LogP contribution in [0.5, 0.6) is 5.75 Å². The molecule has 0 aliphatic carbocycles. The van der Waals surface area contributed by atoms with Gasteiger partial charge in [-0.05, 0) is 54.8 Å². The summed E-state index contributed by atoms with van der Waals surface area (Å²) in [5.74, 6) is -0.108. The summed E-state index contributed by atoms with van der Waals surface area (Å²) in [7, 11) is 1.54. The average molecular weight is 588 g/mol. The maximum Gasteiger partial charge on any atom is 0.259 e. The van der Waals surface area contributed by atoms with Gasteiger partial charge in [0.25, 0.3) is 5.91 Å². The molecule has 2 aliphatic rings. The van der Waals surface area contributed by atoms with Gasteiger partial charge in [0.2, 0.25) is 11.8 Å². The third-order valence-corrected chi connectivity index (χ3v) is 8.19. The van der Waals surface area contributed by atoms with Crippen LogP contribution in [0.3, 0.4) is 0 Å². The van der Waals surface area contributed by atoms with E-state index in [0.29, 0.717) is 40.1 Å². The van der Waals surface area contributed by atoms with Crippen molar-refractivity contribution in [2.24, 2.45) is 9.98 Å². The summed E-state index contributed by atoms with van der Waals surface area (Å²) in [6.07, 6.45) is 0.778. The summed E-state index contributed by atoms with van der Waals surface area (Å²) in [4.78, 5) is 50.4. The van der Waals surface area contributed by atoms with Crippen molar-refractivity contribution in [3.63, 3.8) is 0 Å². The molecule has 3 aromatic carbocycles. The third kappa shape index (κ3) is 6.36. The van der Waals surface area contributed by atoms with Gasteiger partial charge in [-0.2, -0.15) is 0 Å². The fraction of sp³-hybridized carbons (Fsp3) is 0.258. The first-order valence-electron chi connectivity index (χ1n) is 13.6. The van der Waals surface area contributed by atoms with Crippen molar-refractivity contribution in [2.75, 3.05) is 12.4 Å². The summed E-state index contributed by atoms with van der Waals surface area (Å²) in [6, 6.07) is 19.7. The minimum absolute atomic E-state index is 0.0857. The van der Waals surface area contributed by atoms with E-state index in [2.05, 4.69) is 10.6 Å². The highest BCUT2D eigenvalue weighted by atomic mass is 32.2. The molecule has 42 heavy (non-hydrogen) atoms. The summed E-state index contributed by atoms with van der Waals surface area (Å²) in [5.41, 5.74) is 2.69. The lowest BCUT2D eigenvalue weighted by Crippen LogP contribution is -2.42. The second-order valence-electron chi connectivity index (χ2n) is 9.70. The maximum atomic E-state index is 13.6. The molecule has 2 N–H and O–H groups in total. The molecule has 0 radical (unpaired) electrons. The molecule has 0 unspecified atom stereocenters. The Morgan fingerprint density at radius 3 is 2.57 bits per heavy atom. The molecular formula is C31H30FN5O4S. The van der Waals surface area contributed by atoms with Gasteiger partial charge in [-0.3, -0.25) is 19.4 Å². The van der Waals surface area contributed by atoms with Crippen LogP contribution in [0.1, 0.15) is 37.3 Å². The van der Waals surface area contributed by atoms with Gasteiger partial charge in [-0.1, -0.05) is 55.1 Å². The largest absolute Gasteiger partial charge is 0.495 e. The minimum Gasteiger partial charge on any atom is -0.495 e. The second-order valence-corrected chi connectivity index (χ2v) is 10.9. The number of nitrogens with one attached hydrogen (secondary N) is 2. The zero-order chi connectivity index (χ0) is 29.6. The van der Waals surface area contributed by atoms with Crippen LogP contribution in [0.15, 0.2) is 82.8 Å². The van der Waals surface area contributed by atoms with Crippen LogP contribution in [-0.2, 0) is 20.9 Å². The van der Waals surface area contributed by atoms with Crippen LogP contribution in [0.2, 0.25) is 0 Å². The number of halogens is 1. The van der Waals surface area contributed by atoms with E-state index in [1.54, 1.807) is 24.3 Å². The highest BCUT2D eigenvalue weighted by Gasteiger charge is 2.42. The predicted molar refractivity (Wildman–Crippen MR) is 161 cm³/mol. The lowest BCUT2D eigenvalue weighted by Gasteiger charge is -2.27.